The van der Waals surface area contributed by atoms with Crippen LogP contribution in [-0.2, 0) is 19.5 Å². The van der Waals surface area contributed by atoms with E-state index in [2.05, 4.69) is 16.0 Å². The average molecular weight is 423 g/mol. The van der Waals surface area contributed by atoms with Crippen molar-refractivity contribution in [3.8, 4) is 22.8 Å². The molecule has 0 bridgehead atoms. The van der Waals surface area contributed by atoms with Gasteiger partial charge in [-0.25, -0.2) is 4.98 Å². The number of aromatic amines is 1. The number of nitrogens with one attached hydrogen (secondary N) is 1. The summed E-state index contributed by atoms with van der Waals surface area (Å²) in [7, 11) is 3.30. The fourth-order valence-corrected chi connectivity index (χ4v) is 4.92. The lowest BCUT2D eigenvalue weighted by Crippen LogP contribution is -2.31. The molecule has 0 amide bonds. The van der Waals surface area contributed by atoms with Crippen molar-refractivity contribution < 1.29 is 13.9 Å². The molecule has 0 fully saturated rings. The van der Waals surface area contributed by atoms with Crippen LogP contribution < -0.4 is 15.0 Å². The summed E-state index contributed by atoms with van der Waals surface area (Å²) in [5, 5.41) is 2.51. The van der Waals surface area contributed by atoms with Crippen LogP contribution in [0.3, 0.4) is 0 Å². The Morgan fingerprint density at radius 2 is 2.03 bits per heavy atom. The summed E-state index contributed by atoms with van der Waals surface area (Å²) < 4.78 is 16.3. The largest absolute Gasteiger partial charge is 0.493 e. The molecular formula is C22H21N3O4S. The first-order valence-corrected chi connectivity index (χ1v) is 10.5. The lowest BCUT2D eigenvalue weighted by atomic mass is 9.99. The molecule has 0 atom stereocenters. The average Bonchev–Trinajstić information content (AvgIpc) is 3.42. The lowest BCUT2D eigenvalue weighted by Gasteiger charge is -2.29. The Balaban J connectivity index is 1.41. The van der Waals surface area contributed by atoms with E-state index in [-0.39, 0.29) is 5.56 Å². The molecule has 0 saturated carbocycles. The second-order valence-corrected chi connectivity index (χ2v) is 8.11. The zero-order valence-corrected chi connectivity index (χ0v) is 17.5. The molecule has 30 heavy (non-hydrogen) atoms. The van der Waals surface area contributed by atoms with Gasteiger partial charge in [0.1, 0.15) is 16.4 Å². The number of hydrogen-bond donors (Lipinski definition) is 1. The van der Waals surface area contributed by atoms with E-state index in [1.54, 1.807) is 20.5 Å². The first-order valence-electron chi connectivity index (χ1n) is 9.66. The standard InChI is InChI=1S/C22H21N3O4S/c1-27-17-8-13-5-6-25(10-14(13)9-18(17)28-2)11-19-23-21(26)20-15(12-30-22(20)24-19)16-4-3-7-29-16/h3-4,7-9,12H,5-6,10-11H2,1-2H3,(H,23,24,26). The second kappa shape index (κ2) is 7.62. The van der Waals surface area contributed by atoms with E-state index in [1.807, 2.05) is 23.6 Å². The van der Waals surface area contributed by atoms with Crippen LogP contribution in [0.4, 0.5) is 0 Å². The molecule has 4 heterocycles. The number of benzene rings is 1. The Morgan fingerprint density at radius 3 is 2.77 bits per heavy atom. The van der Waals surface area contributed by atoms with Crippen LogP contribution in [0.5, 0.6) is 11.5 Å². The van der Waals surface area contributed by atoms with Gasteiger partial charge < -0.3 is 18.9 Å². The molecule has 3 aromatic heterocycles. The summed E-state index contributed by atoms with van der Waals surface area (Å²) >= 11 is 1.46. The number of ether oxygens (including phenoxy) is 2. The molecule has 1 aliphatic heterocycles. The van der Waals surface area contributed by atoms with Crippen LogP contribution in [0.25, 0.3) is 21.5 Å². The number of thiophene rings is 1. The second-order valence-electron chi connectivity index (χ2n) is 7.26. The van der Waals surface area contributed by atoms with Crippen LogP contribution in [0, 0.1) is 0 Å². The molecule has 154 valence electrons. The van der Waals surface area contributed by atoms with E-state index >= 15 is 0 Å². The summed E-state index contributed by atoms with van der Waals surface area (Å²) in [6, 6.07) is 7.75. The van der Waals surface area contributed by atoms with Crippen LogP contribution in [0.15, 0.2) is 45.1 Å². The van der Waals surface area contributed by atoms with Crippen molar-refractivity contribution in [2.75, 3.05) is 20.8 Å². The Hall–Kier alpha value is -3.10. The van der Waals surface area contributed by atoms with Gasteiger partial charge >= 0.3 is 0 Å². The van der Waals surface area contributed by atoms with Crippen LogP contribution in [0.2, 0.25) is 0 Å². The summed E-state index contributed by atoms with van der Waals surface area (Å²) in [6.45, 7) is 2.22. The molecule has 0 spiro atoms. The smallest absolute Gasteiger partial charge is 0.260 e. The van der Waals surface area contributed by atoms with Crippen LogP contribution in [-0.4, -0.2) is 35.6 Å². The fraction of sp³-hybridized carbons (Fsp3) is 0.273. The monoisotopic (exact) mass is 423 g/mol. The van der Waals surface area contributed by atoms with Gasteiger partial charge in [-0.2, -0.15) is 0 Å². The number of H-pyrrole nitrogens is 1. The summed E-state index contributed by atoms with van der Waals surface area (Å²) in [5.74, 6) is 2.84. The molecule has 1 aliphatic rings. The highest BCUT2D eigenvalue weighted by Crippen LogP contribution is 2.34. The maximum Gasteiger partial charge on any atom is 0.260 e. The Kier molecular flexibility index (Phi) is 4.80. The SMILES string of the molecule is COc1cc2c(cc1OC)CN(Cc1nc3scc(-c4ccco4)c3c(=O)[nH]1)CC2. The zero-order chi connectivity index (χ0) is 20.7. The van der Waals surface area contributed by atoms with Gasteiger partial charge in [-0.15, -0.1) is 11.3 Å². The van der Waals surface area contributed by atoms with Gasteiger partial charge in [0.05, 0.1) is 32.4 Å². The van der Waals surface area contributed by atoms with Gasteiger partial charge in [0.25, 0.3) is 5.56 Å². The van der Waals surface area contributed by atoms with Crippen molar-refractivity contribution in [2.45, 2.75) is 19.5 Å². The molecular weight excluding hydrogens is 402 g/mol. The highest BCUT2D eigenvalue weighted by Gasteiger charge is 2.21. The topological polar surface area (TPSA) is 80.6 Å². The van der Waals surface area contributed by atoms with Crippen molar-refractivity contribution in [1.29, 1.82) is 0 Å². The van der Waals surface area contributed by atoms with Gasteiger partial charge in [-0.1, -0.05) is 0 Å². The molecule has 7 nitrogen and oxygen atoms in total. The third kappa shape index (κ3) is 3.28. The van der Waals surface area contributed by atoms with Gasteiger partial charge in [-0.3, -0.25) is 9.69 Å². The van der Waals surface area contributed by atoms with Crippen molar-refractivity contribution in [3.05, 3.63) is 63.2 Å². The van der Waals surface area contributed by atoms with E-state index in [0.29, 0.717) is 23.5 Å². The van der Waals surface area contributed by atoms with Gasteiger partial charge in [0.2, 0.25) is 0 Å². The highest BCUT2D eigenvalue weighted by molar-refractivity contribution is 7.17. The zero-order valence-electron chi connectivity index (χ0n) is 16.7. The van der Waals surface area contributed by atoms with E-state index in [9.17, 15) is 4.79 Å². The quantitative estimate of drug-likeness (QED) is 0.526. The number of aromatic nitrogens is 2. The highest BCUT2D eigenvalue weighted by atomic mass is 32.1. The molecule has 8 heteroatoms. The predicted molar refractivity (Wildman–Crippen MR) is 115 cm³/mol. The first kappa shape index (κ1) is 18.9. The maximum atomic E-state index is 12.8. The summed E-state index contributed by atoms with van der Waals surface area (Å²) in [4.78, 5) is 23.5. The van der Waals surface area contributed by atoms with Crippen molar-refractivity contribution >= 4 is 21.6 Å². The third-order valence-corrected chi connectivity index (χ3v) is 6.32. The molecule has 0 radical (unpaired) electrons. The number of furan rings is 1. The minimum atomic E-state index is -0.133. The van der Waals surface area contributed by atoms with Crippen LogP contribution in [0.1, 0.15) is 17.0 Å². The van der Waals surface area contributed by atoms with Crippen molar-refractivity contribution in [1.82, 2.24) is 14.9 Å². The normalized spacial score (nSPS) is 14.1. The minimum Gasteiger partial charge on any atom is -0.493 e. The third-order valence-electron chi connectivity index (χ3n) is 5.45. The molecule has 0 saturated heterocycles. The predicted octanol–water partition coefficient (Wildman–Crippen LogP) is 3.82. The Morgan fingerprint density at radius 1 is 1.23 bits per heavy atom. The molecule has 1 N–H and O–H groups in total. The van der Waals surface area contributed by atoms with E-state index in [1.165, 1.54) is 22.5 Å². The van der Waals surface area contributed by atoms with Gasteiger partial charge in [-0.05, 0) is 41.8 Å². The number of rotatable bonds is 5. The molecule has 0 aliphatic carbocycles. The number of fused-ring (bicyclic) bond motifs is 2. The Bertz CT molecular complexity index is 1260. The van der Waals surface area contributed by atoms with Crippen molar-refractivity contribution in [3.63, 3.8) is 0 Å². The van der Waals surface area contributed by atoms with Gasteiger partial charge in [0.15, 0.2) is 11.5 Å². The maximum absolute atomic E-state index is 12.8. The Labute approximate surface area is 176 Å². The van der Waals surface area contributed by atoms with E-state index < -0.39 is 0 Å². The van der Waals surface area contributed by atoms with Crippen molar-refractivity contribution in [2.24, 2.45) is 0 Å². The molecule has 1 aromatic carbocycles. The lowest BCUT2D eigenvalue weighted by molar-refractivity contribution is 0.238. The number of methoxy groups -OCH3 is 2. The minimum absolute atomic E-state index is 0.133. The summed E-state index contributed by atoms with van der Waals surface area (Å²) in [5.41, 5.74) is 3.13. The molecule has 4 aromatic rings. The number of nitrogens with zero attached hydrogens (tertiary/aromatic N) is 2. The summed E-state index contributed by atoms with van der Waals surface area (Å²) in [6.07, 6.45) is 2.51. The first-order chi connectivity index (χ1) is 14.7. The van der Waals surface area contributed by atoms with Gasteiger partial charge in [0, 0.05) is 24.0 Å². The van der Waals surface area contributed by atoms with E-state index in [4.69, 9.17) is 18.9 Å². The van der Waals surface area contributed by atoms with E-state index in [0.717, 1.165) is 41.4 Å². The number of hydrogen-bond acceptors (Lipinski definition) is 7. The van der Waals surface area contributed by atoms with Crippen LogP contribution >= 0.6 is 11.3 Å². The molecule has 5 rings (SSSR count). The fourth-order valence-electron chi connectivity index (χ4n) is 3.97. The molecule has 0 unspecified atom stereocenters.